The molecule has 6 nitrogen and oxygen atoms in total. The maximum atomic E-state index is 12.5. The molecule has 126 valence electrons. The van der Waals surface area contributed by atoms with Crippen LogP contribution in [0.25, 0.3) is 0 Å². The second kappa shape index (κ2) is 7.73. The number of hydrogen-bond acceptors (Lipinski definition) is 5. The second-order valence-electron chi connectivity index (χ2n) is 6.42. The summed E-state index contributed by atoms with van der Waals surface area (Å²) >= 11 is 0. The topological polar surface area (TPSA) is 64.5 Å². The summed E-state index contributed by atoms with van der Waals surface area (Å²) in [5.74, 6) is 1.11. The standard InChI is InChI=1S/C17H25N3O3/c1-22-16-10-15(18-12-19-16)17(21)20-8-6-14(7-9-20)23-11-13-4-2-3-5-13/h10,12-14H,2-9,11H2,1H3. The van der Waals surface area contributed by atoms with E-state index in [1.54, 1.807) is 6.07 Å². The van der Waals surface area contributed by atoms with E-state index in [1.165, 1.54) is 39.1 Å². The summed E-state index contributed by atoms with van der Waals surface area (Å²) in [5, 5.41) is 0. The van der Waals surface area contributed by atoms with E-state index in [-0.39, 0.29) is 5.91 Å². The van der Waals surface area contributed by atoms with E-state index in [9.17, 15) is 4.79 Å². The Labute approximate surface area is 137 Å². The van der Waals surface area contributed by atoms with Crippen LogP contribution in [-0.2, 0) is 4.74 Å². The molecule has 1 aliphatic heterocycles. The third-order valence-corrected chi connectivity index (χ3v) is 4.84. The maximum Gasteiger partial charge on any atom is 0.272 e. The Hall–Kier alpha value is -1.69. The van der Waals surface area contributed by atoms with Crippen LogP contribution >= 0.6 is 0 Å². The third kappa shape index (κ3) is 4.19. The summed E-state index contributed by atoms with van der Waals surface area (Å²) in [4.78, 5) is 22.3. The summed E-state index contributed by atoms with van der Waals surface area (Å²) in [6.45, 7) is 2.34. The average Bonchev–Trinajstić information content (AvgIpc) is 3.13. The molecule has 2 aliphatic rings. The number of amides is 1. The number of carbonyl (C=O) groups is 1. The Morgan fingerprint density at radius 3 is 2.65 bits per heavy atom. The SMILES string of the molecule is COc1cc(C(=O)N2CCC(OCC3CCCC3)CC2)ncn1. The molecule has 2 heterocycles. The minimum atomic E-state index is -0.0556. The molecular formula is C17H25N3O3. The molecule has 0 aromatic carbocycles. The highest BCUT2D eigenvalue weighted by atomic mass is 16.5. The van der Waals surface area contributed by atoms with Crippen molar-refractivity contribution < 1.29 is 14.3 Å². The fourth-order valence-electron chi connectivity index (χ4n) is 3.40. The molecule has 1 amide bonds. The van der Waals surface area contributed by atoms with Crippen LogP contribution in [0.2, 0.25) is 0 Å². The summed E-state index contributed by atoms with van der Waals surface area (Å²) in [6, 6.07) is 1.59. The third-order valence-electron chi connectivity index (χ3n) is 4.84. The number of rotatable bonds is 5. The number of likely N-dealkylation sites (tertiary alicyclic amines) is 1. The Bertz CT molecular complexity index is 524. The first-order valence-electron chi connectivity index (χ1n) is 8.53. The van der Waals surface area contributed by atoms with Crippen LogP contribution in [0.3, 0.4) is 0 Å². The van der Waals surface area contributed by atoms with Crippen molar-refractivity contribution in [3.63, 3.8) is 0 Å². The minimum absolute atomic E-state index is 0.0556. The molecule has 0 unspecified atom stereocenters. The van der Waals surface area contributed by atoms with Gasteiger partial charge in [-0.1, -0.05) is 12.8 Å². The summed E-state index contributed by atoms with van der Waals surface area (Å²) in [7, 11) is 1.53. The number of ether oxygens (including phenoxy) is 2. The zero-order valence-electron chi connectivity index (χ0n) is 13.7. The molecule has 2 fully saturated rings. The summed E-state index contributed by atoms with van der Waals surface area (Å²) in [6.07, 6.45) is 8.79. The monoisotopic (exact) mass is 319 g/mol. The predicted octanol–water partition coefficient (Wildman–Crippen LogP) is 2.30. The van der Waals surface area contributed by atoms with Crippen molar-refractivity contribution in [2.75, 3.05) is 26.8 Å². The van der Waals surface area contributed by atoms with Gasteiger partial charge in [0.2, 0.25) is 5.88 Å². The van der Waals surface area contributed by atoms with E-state index in [1.807, 2.05) is 4.90 Å². The largest absolute Gasteiger partial charge is 0.481 e. The smallest absolute Gasteiger partial charge is 0.272 e. The molecule has 3 rings (SSSR count). The minimum Gasteiger partial charge on any atom is -0.481 e. The molecule has 1 saturated carbocycles. The van der Waals surface area contributed by atoms with Gasteiger partial charge in [0.05, 0.1) is 13.2 Å². The lowest BCUT2D eigenvalue weighted by Gasteiger charge is -2.32. The molecule has 0 N–H and O–H groups in total. The molecule has 0 spiro atoms. The Kier molecular flexibility index (Phi) is 5.43. The molecule has 1 aromatic rings. The van der Waals surface area contributed by atoms with Gasteiger partial charge in [-0.25, -0.2) is 9.97 Å². The van der Waals surface area contributed by atoms with Crippen LogP contribution in [0.5, 0.6) is 5.88 Å². The zero-order chi connectivity index (χ0) is 16.1. The Morgan fingerprint density at radius 2 is 1.96 bits per heavy atom. The van der Waals surface area contributed by atoms with Gasteiger partial charge < -0.3 is 14.4 Å². The first-order chi connectivity index (χ1) is 11.3. The summed E-state index contributed by atoms with van der Waals surface area (Å²) in [5.41, 5.74) is 0.391. The molecule has 1 aromatic heterocycles. The molecule has 23 heavy (non-hydrogen) atoms. The van der Waals surface area contributed by atoms with Crippen LogP contribution in [0.15, 0.2) is 12.4 Å². The molecule has 1 saturated heterocycles. The Balaban J connectivity index is 1.46. The molecule has 0 atom stereocenters. The number of carbonyl (C=O) groups excluding carboxylic acids is 1. The predicted molar refractivity (Wildman–Crippen MR) is 85.4 cm³/mol. The van der Waals surface area contributed by atoms with Gasteiger partial charge in [0.25, 0.3) is 5.91 Å². The van der Waals surface area contributed by atoms with E-state index >= 15 is 0 Å². The van der Waals surface area contributed by atoms with E-state index in [0.717, 1.165) is 38.5 Å². The lowest BCUT2D eigenvalue weighted by atomic mass is 10.1. The molecule has 6 heteroatoms. The van der Waals surface area contributed by atoms with E-state index in [0.29, 0.717) is 17.7 Å². The van der Waals surface area contributed by atoms with Gasteiger partial charge in [0.15, 0.2) is 0 Å². The van der Waals surface area contributed by atoms with Crippen molar-refractivity contribution in [1.29, 1.82) is 0 Å². The van der Waals surface area contributed by atoms with Crippen molar-refractivity contribution in [3.8, 4) is 5.88 Å². The first kappa shape index (κ1) is 16.2. The first-order valence-corrected chi connectivity index (χ1v) is 8.53. The van der Waals surface area contributed by atoms with Gasteiger partial charge >= 0.3 is 0 Å². The lowest BCUT2D eigenvalue weighted by molar-refractivity contribution is -0.00605. The van der Waals surface area contributed by atoms with Crippen molar-refractivity contribution in [2.24, 2.45) is 5.92 Å². The highest BCUT2D eigenvalue weighted by Gasteiger charge is 2.26. The van der Waals surface area contributed by atoms with Crippen LogP contribution in [0, 0.1) is 5.92 Å². The fraction of sp³-hybridized carbons (Fsp3) is 0.706. The van der Waals surface area contributed by atoms with Crippen LogP contribution in [-0.4, -0.2) is 53.7 Å². The van der Waals surface area contributed by atoms with Crippen molar-refractivity contribution in [3.05, 3.63) is 18.1 Å². The van der Waals surface area contributed by atoms with Gasteiger partial charge in [-0.15, -0.1) is 0 Å². The number of hydrogen-bond donors (Lipinski definition) is 0. The number of nitrogens with zero attached hydrogens (tertiary/aromatic N) is 3. The van der Waals surface area contributed by atoms with E-state index in [4.69, 9.17) is 9.47 Å². The number of methoxy groups -OCH3 is 1. The highest BCUT2D eigenvalue weighted by Crippen LogP contribution is 2.26. The fourth-order valence-corrected chi connectivity index (χ4v) is 3.40. The quantitative estimate of drug-likeness (QED) is 0.833. The Morgan fingerprint density at radius 1 is 1.22 bits per heavy atom. The maximum absolute atomic E-state index is 12.5. The van der Waals surface area contributed by atoms with Crippen LogP contribution < -0.4 is 4.74 Å². The van der Waals surface area contributed by atoms with Gasteiger partial charge in [-0.2, -0.15) is 0 Å². The molecule has 0 bridgehead atoms. The zero-order valence-corrected chi connectivity index (χ0v) is 13.7. The lowest BCUT2D eigenvalue weighted by Crippen LogP contribution is -2.41. The molecule has 1 aliphatic carbocycles. The number of piperidine rings is 1. The van der Waals surface area contributed by atoms with Crippen molar-refractivity contribution in [1.82, 2.24) is 14.9 Å². The van der Waals surface area contributed by atoms with Gasteiger partial charge in [-0.05, 0) is 31.6 Å². The average molecular weight is 319 g/mol. The number of aromatic nitrogens is 2. The second-order valence-corrected chi connectivity index (χ2v) is 6.42. The van der Waals surface area contributed by atoms with Crippen molar-refractivity contribution >= 4 is 5.91 Å². The van der Waals surface area contributed by atoms with Crippen LogP contribution in [0.1, 0.15) is 49.0 Å². The highest BCUT2D eigenvalue weighted by molar-refractivity contribution is 5.92. The van der Waals surface area contributed by atoms with Gasteiger partial charge in [-0.3, -0.25) is 4.79 Å². The summed E-state index contributed by atoms with van der Waals surface area (Å²) < 4.78 is 11.1. The van der Waals surface area contributed by atoms with Gasteiger partial charge in [0, 0.05) is 25.8 Å². The molecule has 0 radical (unpaired) electrons. The normalized spacial score (nSPS) is 20.0. The van der Waals surface area contributed by atoms with E-state index < -0.39 is 0 Å². The van der Waals surface area contributed by atoms with Crippen molar-refractivity contribution in [2.45, 2.75) is 44.6 Å². The van der Waals surface area contributed by atoms with Crippen LogP contribution in [0.4, 0.5) is 0 Å². The molecular weight excluding hydrogens is 294 g/mol. The van der Waals surface area contributed by atoms with Gasteiger partial charge in [0.1, 0.15) is 12.0 Å². The van der Waals surface area contributed by atoms with E-state index in [2.05, 4.69) is 9.97 Å².